The average Bonchev–Trinajstić information content (AvgIpc) is 2.42. The van der Waals surface area contributed by atoms with E-state index >= 15 is 0 Å². The minimum Gasteiger partial charge on any atom is -0.297 e. The molecule has 0 spiro atoms. The van der Waals surface area contributed by atoms with Crippen molar-refractivity contribution in [3.8, 4) is 0 Å². The van der Waals surface area contributed by atoms with E-state index in [1.54, 1.807) is 7.05 Å². The van der Waals surface area contributed by atoms with Crippen LogP contribution in [0.5, 0.6) is 0 Å². The normalized spacial score (nSPS) is 12.7. The van der Waals surface area contributed by atoms with Crippen LogP contribution in [0.15, 0.2) is 41.1 Å². The van der Waals surface area contributed by atoms with Crippen LogP contribution in [0, 0.1) is 12.8 Å². The Morgan fingerprint density at radius 3 is 2.52 bits per heavy atom. The third-order valence-electron chi connectivity index (χ3n) is 3.77. The van der Waals surface area contributed by atoms with Gasteiger partial charge in [-0.2, -0.15) is 0 Å². The molecule has 0 aromatic carbocycles. The fourth-order valence-corrected chi connectivity index (χ4v) is 2.59. The van der Waals surface area contributed by atoms with E-state index in [0.29, 0.717) is 11.8 Å². The van der Waals surface area contributed by atoms with E-state index in [4.69, 9.17) is 0 Å². The van der Waals surface area contributed by atoms with E-state index in [-0.39, 0.29) is 0 Å². The molecule has 0 radical (unpaired) electrons. The number of aliphatic imine (C=N–C) groups is 1. The number of aromatic nitrogens is 1. The molecule has 114 valence electrons. The SMILES string of the molecule is C=C(/C(=C\C=N/C)Cc1ccnc(C)c1C(C)C)C(C)C. The van der Waals surface area contributed by atoms with E-state index in [1.165, 1.54) is 22.3 Å². The zero-order valence-electron chi connectivity index (χ0n) is 14.3. The van der Waals surface area contributed by atoms with Crippen LogP contribution in [0.1, 0.15) is 50.4 Å². The Morgan fingerprint density at radius 2 is 2.00 bits per heavy atom. The van der Waals surface area contributed by atoms with Crippen molar-refractivity contribution in [2.45, 2.75) is 47.0 Å². The Balaban J connectivity index is 3.22. The monoisotopic (exact) mass is 284 g/mol. The van der Waals surface area contributed by atoms with Gasteiger partial charge in [-0.1, -0.05) is 34.3 Å². The Hall–Kier alpha value is -1.70. The van der Waals surface area contributed by atoms with E-state index < -0.39 is 0 Å². The number of hydrogen-bond acceptors (Lipinski definition) is 2. The van der Waals surface area contributed by atoms with E-state index in [0.717, 1.165) is 12.1 Å². The van der Waals surface area contributed by atoms with Crippen molar-refractivity contribution in [3.05, 3.63) is 52.9 Å². The van der Waals surface area contributed by atoms with Crippen molar-refractivity contribution in [1.29, 1.82) is 0 Å². The van der Waals surface area contributed by atoms with E-state index in [1.807, 2.05) is 12.4 Å². The van der Waals surface area contributed by atoms with Crippen molar-refractivity contribution in [2.24, 2.45) is 10.9 Å². The number of nitrogens with zero attached hydrogens (tertiary/aromatic N) is 2. The second-order valence-corrected chi connectivity index (χ2v) is 6.08. The zero-order valence-corrected chi connectivity index (χ0v) is 14.3. The minimum absolute atomic E-state index is 0.437. The molecule has 0 N–H and O–H groups in total. The predicted octanol–water partition coefficient (Wildman–Crippen LogP) is 4.90. The Bertz CT molecular complexity index is 549. The highest BCUT2D eigenvalue weighted by molar-refractivity contribution is 5.73. The zero-order chi connectivity index (χ0) is 16.0. The molecule has 1 aromatic rings. The summed E-state index contributed by atoms with van der Waals surface area (Å²) in [7, 11) is 1.79. The molecule has 0 aliphatic heterocycles. The molecule has 0 saturated heterocycles. The molecule has 0 amide bonds. The van der Waals surface area contributed by atoms with E-state index in [2.05, 4.69) is 63.3 Å². The van der Waals surface area contributed by atoms with Gasteiger partial charge in [0, 0.05) is 25.2 Å². The first-order valence-electron chi connectivity index (χ1n) is 7.63. The maximum Gasteiger partial charge on any atom is 0.0410 e. The minimum atomic E-state index is 0.437. The molecular formula is C19H28N2. The third-order valence-corrected chi connectivity index (χ3v) is 3.77. The van der Waals surface area contributed by atoms with Gasteiger partial charge in [0.05, 0.1) is 0 Å². The molecule has 1 heterocycles. The molecule has 0 bridgehead atoms. The van der Waals surface area contributed by atoms with Gasteiger partial charge in [-0.3, -0.25) is 9.98 Å². The van der Waals surface area contributed by atoms with Crippen LogP contribution in [0.4, 0.5) is 0 Å². The average molecular weight is 284 g/mol. The Morgan fingerprint density at radius 1 is 1.33 bits per heavy atom. The summed E-state index contributed by atoms with van der Waals surface area (Å²) in [6.45, 7) is 15.2. The Kier molecular flexibility index (Phi) is 6.54. The molecule has 0 aliphatic carbocycles. The largest absolute Gasteiger partial charge is 0.297 e. The summed E-state index contributed by atoms with van der Waals surface area (Å²) in [5.74, 6) is 0.911. The summed E-state index contributed by atoms with van der Waals surface area (Å²) in [5.41, 5.74) is 6.26. The molecule has 0 unspecified atom stereocenters. The van der Waals surface area contributed by atoms with Gasteiger partial charge in [-0.25, -0.2) is 0 Å². The van der Waals surface area contributed by atoms with Crippen molar-refractivity contribution in [1.82, 2.24) is 4.98 Å². The molecule has 1 aromatic heterocycles. The molecule has 2 heteroatoms. The van der Waals surface area contributed by atoms with Crippen LogP contribution < -0.4 is 0 Å². The second kappa shape index (κ2) is 7.92. The van der Waals surface area contributed by atoms with Crippen LogP contribution in [-0.4, -0.2) is 18.2 Å². The van der Waals surface area contributed by atoms with Crippen LogP contribution in [0.2, 0.25) is 0 Å². The molecule has 2 nitrogen and oxygen atoms in total. The first-order chi connectivity index (χ1) is 9.88. The molecular weight excluding hydrogens is 256 g/mol. The van der Waals surface area contributed by atoms with Crippen LogP contribution >= 0.6 is 0 Å². The lowest BCUT2D eigenvalue weighted by molar-refractivity contribution is 0.768. The second-order valence-electron chi connectivity index (χ2n) is 6.08. The predicted molar refractivity (Wildman–Crippen MR) is 93.2 cm³/mol. The third kappa shape index (κ3) is 4.66. The molecule has 21 heavy (non-hydrogen) atoms. The lowest BCUT2D eigenvalue weighted by Crippen LogP contribution is -2.06. The van der Waals surface area contributed by atoms with Gasteiger partial charge in [-0.15, -0.1) is 0 Å². The summed E-state index contributed by atoms with van der Waals surface area (Å²) in [4.78, 5) is 8.52. The topological polar surface area (TPSA) is 25.2 Å². The fourth-order valence-electron chi connectivity index (χ4n) is 2.59. The van der Waals surface area contributed by atoms with Gasteiger partial charge in [0.2, 0.25) is 0 Å². The van der Waals surface area contributed by atoms with Crippen molar-refractivity contribution < 1.29 is 0 Å². The van der Waals surface area contributed by atoms with Gasteiger partial charge in [0.25, 0.3) is 0 Å². The highest BCUT2D eigenvalue weighted by Crippen LogP contribution is 2.27. The lowest BCUT2D eigenvalue weighted by atomic mass is 9.87. The summed E-state index contributed by atoms with van der Waals surface area (Å²) in [5, 5.41) is 0. The van der Waals surface area contributed by atoms with Gasteiger partial charge < -0.3 is 0 Å². The molecule has 0 atom stereocenters. The lowest BCUT2D eigenvalue weighted by Gasteiger charge is -2.19. The summed E-state index contributed by atoms with van der Waals surface area (Å²) >= 11 is 0. The highest BCUT2D eigenvalue weighted by atomic mass is 14.7. The van der Waals surface area contributed by atoms with Crippen LogP contribution in [0.3, 0.4) is 0 Å². The van der Waals surface area contributed by atoms with Crippen molar-refractivity contribution in [2.75, 3.05) is 7.05 Å². The maximum absolute atomic E-state index is 4.44. The smallest absolute Gasteiger partial charge is 0.0410 e. The van der Waals surface area contributed by atoms with Crippen LogP contribution in [0.25, 0.3) is 0 Å². The number of rotatable bonds is 6. The number of hydrogen-bond donors (Lipinski definition) is 0. The highest BCUT2D eigenvalue weighted by Gasteiger charge is 2.14. The number of aryl methyl sites for hydroxylation is 1. The first-order valence-corrected chi connectivity index (χ1v) is 7.63. The fraction of sp³-hybridized carbons (Fsp3) is 0.474. The summed E-state index contributed by atoms with van der Waals surface area (Å²) in [6.07, 6.45) is 6.73. The first kappa shape index (κ1) is 17.4. The number of allylic oxidation sites excluding steroid dienone is 3. The molecule has 0 aliphatic rings. The summed E-state index contributed by atoms with van der Waals surface area (Å²) < 4.78 is 0. The quantitative estimate of drug-likeness (QED) is 0.539. The van der Waals surface area contributed by atoms with Crippen LogP contribution in [-0.2, 0) is 6.42 Å². The van der Waals surface area contributed by atoms with E-state index in [9.17, 15) is 0 Å². The molecule has 0 fully saturated rings. The van der Waals surface area contributed by atoms with Gasteiger partial charge in [0.15, 0.2) is 0 Å². The summed E-state index contributed by atoms with van der Waals surface area (Å²) in [6, 6.07) is 2.13. The van der Waals surface area contributed by atoms with Gasteiger partial charge in [0.1, 0.15) is 0 Å². The molecule has 1 rings (SSSR count). The van der Waals surface area contributed by atoms with Crippen molar-refractivity contribution >= 4 is 6.21 Å². The Labute approximate surface area is 129 Å². The number of pyridine rings is 1. The van der Waals surface area contributed by atoms with Crippen molar-refractivity contribution in [3.63, 3.8) is 0 Å². The maximum atomic E-state index is 4.44. The van der Waals surface area contributed by atoms with Gasteiger partial charge >= 0.3 is 0 Å². The molecule has 0 saturated carbocycles. The van der Waals surface area contributed by atoms with Gasteiger partial charge in [-0.05, 0) is 59.6 Å². The standard InChI is InChI=1S/C19H28N2/c1-13(2)15(5)17(8-10-20-7)12-18-9-11-21-16(6)19(18)14(3)4/h8-11,13-14H,5,12H2,1-4,6-7H3/b17-8-,20-10-.